The fourth-order valence-corrected chi connectivity index (χ4v) is 6.96. The molecule has 0 aliphatic carbocycles. The van der Waals surface area contributed by atoms with E-state index in [1.807, 2.05) is 47.2 Å². The summed E-state index contributed by atoms with van der Waals surface area (Å²) < 4.78 is 10.6. The SMILES string of the molecule is Cl.O=C(O)CCCn1ccc2ncnc(Nc3ccc(OC4=CN(Cc5ccccc5)S(Cc5ccccc5)=C4)c(Cl)c3)c21. The number of aromatic nitrogens is 3. The first-order valence-electron chi connectivity index (χ1n) is 13.9. The van der Waals surface area contributed by atoms with E-state index in [1.165, 1.54) is 17.5 Å². The van der Waals surface area contributed by atoms with E-state index in [1.54, 1.807) is 0 Å². The first-order chi connectivity index (χ1) is 21.0. The molecule has 0 bridgehead atoms. The van der Waals surface area contributed by atoms with Crippen molar-refractivity contribution in [1.82, 2.24) is 18.8 Å². The molecule has 2 N–H and O–H groups in total. The Morgan fingerprint density at radius 3 is 2.45 bits per heavy atom. The molecule has 1 aliphatic rings. The number of hydrogen-bond donors (Lipinski definition) is 2. The number of aryl methyl sites for hydroxylation is 1. The van der Waals surface area contributed by atoms with Crippen molar-refractivity contribution in [1.29, 1.82) is 0 Å². The molecule has 3 aromatic carbocycles. The maximum Gasteiger partial charge on any atom is 0.303 e. The zero-order valence-electron chi connectivity index (χ0n) is 23.7. The van der Waals surface area contributed by atoms with Gasteiger partial charge in [0.1, 0.15) is 17.6 Å². The van der Waals surface area contributed by atoms with E-state index >= 15 is 0 Å². The Morgan fingerprint density at radius 1 is 0.977 bits per heavy atom. The Labute approximate surface area is 269 Å². The molecule has 5 aromatic rings. The number of halogens is 2. The van der Waals surface area contributed by atoms with Gasteiger partial charge in [-0.05, 0) is 41.8 Å². The van der Waals surface area contributed by atoms with Gasteiger partial charge in [0.25, 0.3) is 0 Å². The smallest absolute Gasteiger partial charge is 0.303 e. The fraction of sp³-hybridized carbons (Fsp3) is 0.152. The molecule has 1 atom stereocenters. The van der Waals surface area contributed by atoms with Crippen LogP contribution in [-0.2, 0) is 23.6 Å². The lowest BCUT2D eigenvalue weighted by Crippen LogP contribution is -2.09. The maximum absolute atomic E-state index is 11.0. The summed E-state index contributed by atoms with van der Waals surface area (Å²) >= 11 is 6.72. The number of fused-ring (bicyclic) bond motifs is 1. The number of aliphatic carboxylic acids is 1. The molecule has 44 heavy (non-hydrogen) atoms. The van der Waals surface area contributed by atoms with Crippen LogP contribution in [0.25, 0.3) is 11.0 Å². The van der Waals surface area contributed by atoms with Gasteiger partial charge in [-0.15, -0.1) is 12.4 Å². The topological polar surface area (TPSA) is 92.5 Å². The van der Waals surface area contributed by atoms with Crippen LogP contribution in [0.5, 0.6) is 5.75 Å². The van der Waals surface area contributed by atoms with Crippen molar-refractivity contribution in [2.45, 2.75) is 31.7 Å². The third kappa shape index (κ3) is 7.60. The van der Waals surface area contributed by atoms with Crippen LogP contribution in [0.3, 0.4) is 0 Å². The van der Waals surface area contributed by atoms with Crippen LogP contribution in [0.1, 0.15) is 24.0 Å². The number of nitrogens with zero attached hydrogens (tertiary/aromatic N) is 4. The number of hydrogen-bond acceptors (Lipinski definition) is 6. The number of benzene rings is 3. The van der Waals surface area contributed by atoms with E-state index in [2.05, 4.69) is 79.7 Å². The maximum atomic E-state index is 11.0. The van der Waals surface area contributed by atoms with E-state index in [4.69, 9.17) is 21.4 Å². The zero-order chi connectivity index (χ0) is 29.6. The molecule has 0 saturated carbocycles. The molecule has 1 unspecified atom stereocenters. The molecule has 0 amide bonds. The second kappa shape index (κ2) is 14.4. The average molecular weight is 649 g/mol. The van der Waals surface area contributed by atoms with Crippen molar-refractivity contribution >= 4 is 68.6 Å². The summed E-state index contributed by atoms with van der Waals surface area (Å²) in [6.07, 6.45) is 6.07. The highest BCUT2D eigenvalue weighted by Crippen LogP contribution is 2.36. The van der Waals surface area contributed by atoms with Gasteiger partial charge in [-0.2, -0.15) is 0 Å². The zero-order valence-corrected chi connectivity index (χ0v) is 26.1. The second-order valence-electron chi connectivity index (χ2n) is 10.1. The molecule has 8 nitrogen and oxygen atoms in total. The van der Waals surface area contributed by atoms with Gasteiger partial charge < -0.3 is 24.0 Å². The first-order valence-corrected chi connectivity index (χ1v) is 15.7. The van der Waals surface area contributed by atoms with Crippen LogP contribution in [0.2, 0.25) is 5.02 Å². The number of rotatable bonds is 12. The molecular formula is C33H31Cl2N5O3S. The van der Waals surface area contributed by atoms with E-state index in [0.29, 0.717) is 29.6 Å². The fourth-order valence-electron chi connectivity index (χ4n) is 4.89. The van der Waals surface area contributed by atoms with E-state index in [-0.39, 0.29) is 29.5 Å². The summed E-state index contributed by atoms with van der Waals surface area (Å²) in [4.78, 5) is 19.8. The van der Waals surface area contributed by atoms with Crippen molar-refractivity contribution in [3.8, 4) is 5.75 Å². The summed E-state index contributed by atoms with van der Waals surface area (Å²) in [5, 5.41) is 15.0. The lowest BCUT2D eigenvalue weighted by Gasteiger charge is -2.21. The van der Waals surface area contributed by atoms with Crippen molar-refractivity contribution in [2.75, 3.05) is 5.32 Å². The predicted octanol–water partition coefficient (Wildman–Crippen LogP) is 8.04. The lowest BCUT2D eigenvalue weighted by atomic mass is 10.2. The summed E-state index contributed by atoms with van der Waals surface area (Å²) in [6, 6.07) is 28.4. The highest BCUT2D eigenvalue weighted by molar-refractivity contribution is 8.12. The quantitative estimate of drug-likeness (QED) is 0.132. The predicted molar refractivity (Wildman–Crippen MR) is 181 cm³/mol. The largest absolute Gasteiger partial charge is 0.481 e. The standard InChI is InChI=1S/C33H30ClN5O3S.ClH/c34-28-18-26(37-33-32-29(35-23-36-33)15-17-38(32)16-7-12-31(40)41)13-14-30(28)42-27-20-39(19-24-8-3-1-4-9-24)43(22-27)21-25-10-5-2-6-11-25;/h1-6,8-11,13-15,17-18,20,22-23H,7,12,16,19,21H2,(H,40,41)(H,35,36,37);1H. The Morgan fingerprint density at radius 2 is 1.73 bits per heavy atom. The second-order valence-corrected chi connectivity index (χ2v) is 12.3. The summed E-state index contributed by atoms with van der Waals surface area (Å²) in [6.45, 7) is 1.33. The van der Waals surface area contributed by atoms with E-state index in [9.17, 15) is 4.79 Å². The molecule has 0 saturated heterocycles. The van der Waals surface area contributed by atoms with Crippen LogP contribution < -0.4 is 10.1 Å². The molecule has 226 valence electrons. The van der Waals surface area contributed by atoms with Crippen LogP contribution in [0.15, 0.2) is 109 Å². The minimum absolute atomic E-state index is 0. The number of allylic oxidation sites excluding steroid dienone is 1. The minimum Gasteiger partial charge on any atom is -0.481 e. The number of anilines is 2. The van der Waals surface area contributed by atoms with Crippen LogP contribution in [-0.4, -0.2) is 35.3 Å². The third-order valence-corrected chi connectivity index (χ3v) is 9.19. The summed E-state index contributed by atoms with van der Waals surface area (Å²) in [5.74, 6) is 2.01. The van der Waals surface area contributed by atoms with Gasteiger partial charge in [0.05, 0.1) is 23.3 Å². The van der Waals surface area contributed by atoms with Crippen LogP contribution >= 0.6 is 34.7 Å². The number of carboxylic acids is 1. The highest BCUT2D eigenvalue weighted by Gasteiger charge is 2.19. The van der Waals surface area contributed by atoms with Crippen molar-refractivity contribution in [3.05, 3.63) is 126 Å². The van der Waals surface area contributed by atoms with E-state index in [0.717, 1.165) is 34.8 Å². The summed E-state index contributed by atoms with van der Waals surface area (Å²) in [5.41, 5.74) is 4.83. The highest BCUT2D eigenvalue weighted by atomic mass is 35.5. The number of carboxylic acid groups (broad SMARTS) is 1. The summed E-state index contributed by atoms with van der Waals surface area (Å²) in [7, 11) is -0.189. The molecule has 11 heteroatoms. The monoisotopic (exact) mass is 647 g/mol. The molecule has 6 rings (SSSR count). The Kier molecular flexibility index (Phi) is 10.2. The number of carbonyl (C=O) groups is 1. The van der Waals surface area contributed by atoms with Crippen LogP contribution in [0, 0.1) is 0 Å². The van der Waals surface area contributed by atoms with E-state index < -0.39 is 5.97 Å². The number of nitrogens with one attached hydrogen (secondary N) is 1. The van der Waals surface area contributed by atoms with Crippen LogP contribution in [0.4, 0.5) is 11.5 Å². The Balaban J connectivity index is 0.00000384. The molecule has 1 aliphatic heterocycles. The Hall–Kier alpha value is -4.31. The molecule has 0 fully saturated rings. The van der Waals surface area contributed by atoms with Gasteiger partial charge in [0, 0.05) is 36.0 Å². The minimum atomic E-state index is -0.815. The van der Waals surface area contributed by atoms with Gasteiger partial charge in [-0.25, -0.2) is 9.97 Å². The van der Waals surface area contributed by atoms with Gasteiger partial charge in [0.15, 0.2) is 11.6 Å². The lowest BCUT2D eigenvalue weighted by molar-refractivity contribution is -0.137. The molecule has 0 radical (unpaired) electrons. The Bertz CT molecular complexity index is 1810. The first kappa shape index (κ1) is 31.1. The normalized spacial score (nSPS) is 14.1. The van der Waals surface area contributed by atoms with Gasteiger partial charge in [0.2, 0.25) is 0 Å². The number of ether oxygens (including phenoxy) is 1. The van der Waals surface area contributed by atoms with Gasteiger partial charge >= 0.3 is 5.97 Å². The molecule has 0 spiro atoms. The molecule has 2 aromatic heterocycles. The third-order valence-electron chi connectivity index (χ3n) is 6.93. The molecular weight excluding hydrogens is 617 g/mol. The molecule has 3 heterocycles. The van der Waals surface area contributed by atoms with Crippen molar-refractivity contribution in [3.63, 3.8) is 0 Å². The van der Waals surface area contributed by atoms with Gasteiger partial charge in [-0.3, -0.25) is 4.79 Å². The van der Waals surface area contributed by atoms with Crippen molar-refractivity contribution < 1.29 is 14.6 Å². The average Bonchev–Trinajstić information content (AvgIpc) is 3.59. The van der Waals surface area contributed by atoms with Gasteiger partial charge in [-0.1, -0.05) is 82.9 Å². The van der Waals surface area contributed by atoms with Crippen molar-refractivity contribution in [2.24, 2.45) is 0 Å².